The van der Waals surface area contributed by atoms with Crippen LogP contribution >= 0.6 is 0 Å². The molecule has 0 amide bonds. The van der Waals surface area contributed by atoms with Crippen molar-refractivity contribution in [2.24, 2.45) is 0 Å². The molecule has 0 unspecified atom stereocenters. The molecule has 0 aliphatic rings. The fourth-order valence-electron chi connectivity index (χ4n) is 3.51. The zero-order chi connectivity index (χ0) is 21.9. The summed E-state index contributed by atoms with van der Waals surface area (Å²) in [4.78, 5) is 13.6. The molecule has 3 aromatic heterocycles. The summed E-state index contributed by atoms with van der Waals surface area (Å²) < 4.78 is 7.02. The van der Waals surface area contributed by atoms with Gasteiger partial charge < -0.3 is 10.1 Å². The van der Waals surface area contributed by atoms with Gasteiger partial charge in [0.1, 0.15) is 12.1 Å². The van der Waals surface area contributed by atoms with Crippen LogP contribution in [0.25, 0.3) is 28.1 Å². The molecule has 0 spiro atoms. The smallest absolute Gasteiger partial charge is 0.233 e. The van der Waals surface area contributed by atoms with Crippen molar-refractivity contribution in [3.05, 3.63) is 84.8 Å². The standard InChI is InChI=1S/C24H21N7O/c1-16(17-6-4-3-5-7-17)27-24-25-13-12-22(28-24)31-15-26-20-14-18(8-10-21(20)31)19-9-11-23(32-2)30-29-19/h3-16H,1-2H3,(H,25,27,28)/t16-/m0/s1. The van der Waals surface area contributed by atoms with E-state index in [4.69, 9.17) is 9.72 Å². The van der Waals surface area contributed by atoms with E-state index in [1.54, 1.807) is 25.7 Å². The summed E-state index contributed by atoms with van der Waals surface area (Å²) in [6, 6.07) is 21.8. The Balaban J connectivity index is 1.43. The van der Waals surface area contributed by atoms with E-state index in [0.29, 0.717) is 11.8 Å². The van der Waals surface area contributed by atoms with Crippen molar-refractivity contribution in [3.63, 3.8) is 0 Å². The van der Waals surface area contributed by atoms with Gasteiger partial charge in [0.15, 0.2) is 0 Å². The lowest BCUT2D eigenvalue weighted by Gasteiger charge is -2.14. The zero-order valence-corrected chi connectivity index (χ0v) is 17.7. The summed E-state index contributed by atoms with van der Waals surface area (Å²) in [5.41, 5.74) is 4.64. The molecule has 0 radical (unpaired) electrons. The number of ether oxygens (including phenoxy) is 1. The average Bonchev–Trinajstić information content (AvgIpc) is 3.28. The number of hydrogen-bond acceptors (Lipinski definition) is 7. The number of nitrogens with zero attached hydrogens (tertiary/aromatic N) is 6. The van der Waals surface area contributed by atoms with Gasteiger partial charge in [-0.15, -0.1) is 10.2 Å². The highest BCUT2D eigenvalue weighted by Crippen LogP contribution is 2.25. The predicted octanol–water partition coefficient (Wildman–Crippen LogP) is 4.45. The Labute approximate surface area is 185 Å². The predicted molar refractivity (Wildman–Crippen MR) is 123 cm³/mol. The first kappa shape index (κ1) is 19.6. The molecule has 158 valence electrons. The Bertz CT molecular complexity index is 1350. The van der Waals surface area contributed by atoms with Gasteiger partial charge in [-0.25, -0.2) is 9.97 Å². The first-order valence-corrected chi connectivity index (χ1v) is 10.2. The Hall–Kier alpha value is -4.33. The molecular formula is C24H21N7O. The number of methoxy groups -OCH3 is 1. The van der Waals surface area contributed by atoms with Gasteiger partial charge in [0, 0.05) is 17.8 Å². The van der Waals surface area contributed by atoms with Crippen LogP contribution in [0.2, 0.25) is 0 Å². The Morgan fingerprint density at radius 3 is 2.59 bits per heavy atom. The zero-order valence-electron chi connectivity index (χ0n) is 17.7. The van der Waals surface area contributed by atoms with Crippen molar-refractivity contribution in [1.29, 1.82) is 0 Å². The molecule has 3 heterocycles. The molecule has 8 nitrogen and oxygen atoms in total. The van der Waals surface area contributed by atoms with E-state index < -0.39 is 0 Å². The Kier molecular flexibility index (Phi) is 5.17. The van der Waals surface area contributed by atoms with Crippen LogP contribution in [0.3, 0.4) is 0 Å². The molecule has 0 fully saturated rings. The largest absolute Gasteiger partial charge is 0.480 e. The normalized spacial score (nSPS) is 11.9. The number of rotatable bonds is 6. The van der Waals surface area contributed by atoms with Gasteiger partial charge in [-0.05, 0) is 36.8 Å². The van der Waals surface area contributed by atoms with Crippen molar-refractivity contribution in [2.45, 2.75) is 13.0 Å². The van der Waals surface area contributed by atoms with Gasteiger partial charge in [0.25, 0.3) is 0 Å². The maximum Gasteiger partial charge on any atom is 0.233 e. The summed E-state index contributed by atoms with van der Waals surface area (Å²) in [5, 5.41) is 11.6. The van der Waals surface area contributed by atoms with Gasteiger partial charge in [-0.2, -0.15) is 4.98 Å². The molecule has 1 atom stereocenters. The maximum absolute atomic E-state index is 5.08. The van der Waals surface area contributed by atoms with E-state index in [-0.39, 0.29) is 6.04 Å². The summed E-state index contributed by atoms with van der Waals surface area (Å²) >= 11 is 0. The second-order valence-corrected chi connectivity index (χ2v) is 7.29. The molecule has 5 rings (SSSR count). The van der Waals surface area contributed by atoms with Crippen LogP contribution in [-0.2, 0) is 0 Å². The van der Waals surface area contributed by atoms with Gasteiger partial charge in [-0.1, -0.05) is 36.4 Å². The number of anilines is 1. The van der Waals surface area contributed by atoms with Gasteiger partial charge in [0.05, 0.1) is 29.9 Å². The van der Waals surface area contributed by atoms with Crippen LogP contribution in [0.1, 0.15) is 18.5 Å². The van der Waals surface area contributed by atoms with E-state index in [0.717, 1.165) is 28.1 Å². The molecule has 1 N–H and O–H groups in total. The van der Waals surface area contributed by atoms with Gasteiger partial charge in [-0.3, -0.25) is 4.57 Å². The Morgan fingerprint density at radius 1 is 0.938 bits per heavy atom. The third kappa shape index (κ3) is 3.85. The molecule has 0 bridgehead atoms. The summed E-state index contributed by atoms with van der Waals surface area (Å²) in [5.74, 6) is 1.78. The van der Waals surface area contributed by atoms with Gasteiger partial charge in [0.2, 0.25) is 11.8 Å². The van der Waals surface area contributed by atoms with Crippen LogP contribution in [0.4, 0.5) is 5.95 Å². The molecule has 8 heteroatoms. The molecule has 32 heavy (non-hydrogen) atoms. The second kappa shape index (κ2) is 8.43. The van der Waals surface area contributed by atoms with Crippen molar-refractivity contribution >= 4 is 17.0 Å². The molecular weight excluding hydrogens is 402 g/mol. The van der Waals surface area contributed by atoms with Crippen molar-refractivity contribution < 1.29 is 4.74 Å². The number of fused-ring (bicyclic) bond motifs is 1. The third-order valence-corrected chi connectivity index (χ3v) is 5.23. The van der Waals surface area contributed by atoms with Crippen molar-refractivity contribution in [1.82, 2.24) is 29.7 Å². The minimum atomic E-state index is 0.0825. The molecule has 2 aromatic carbocycles. The van der Waals surface area contributed by atoms with Crippen LogP contribution in [0, 0.1) is 0 Å². The topological polar surface area (TPSA) is 90.6 Å². The fraction of sp³-hybridized carbons (Fsp3) is 0.125. The lowest BCUT2D eigenvalue weighted by Crippen LogP contribution is -2.10. The maximum atomic E-state index is 5.08. The Morgan fingerprint density at radius 2 is 1.81 bits per heavy atom. The molecule has 0 aliphatic heterocycles. The van der Waals surface area contributed by atoms with E-state index >= 15 is 0 Å². The average molecular weight is 423 g/mol. The number of benzene rings is 2. The highest BCUT2D eigenvalue weighted by atomic mass is 16.5. The first-order valence-electron chi connectivity index (χ1n) is 10.2. The minimum absolute atomic E-state index is 0.0825. The van der Waals surface area contributed by atoms with Gasteiger partial charge >= 0.3 is 0 Å². The van der Waals surface area contributed by atoms with Crippen LogP contribution < -0.4 is 10.1 Å². The van der Waals surface area contributed by atoms with Crippen molar-refractivity contribution in [3.8, 4) is 23.0 Å². The van der Waals surface area contributed by atoms with Crippen LogP contribution in [0.5, 0.6) is 5.88 Å². The first-order chi connectivity index (χ1) is 15.7. The number of hydrogen-bond donors (Lipinski definition) is 1. The van der Waals surface area contributed by atoms with Crippen molar-refractivity contribution in [2.75, 3.05) is 12.4 Å². The number of aromatic nitrogens is 6. The number of imidazole rings is 1. The van der Waals surface area contributed by atoms with E-state index in [9.17, 15) is 0 Å². The molecule has 0 aliphatic carbocycles. The molecule has 5 aromatic rings. The van der Waals surface area contributed by atoms with E-state index in [2.05, 4.69) is 44.5 Å². The summed E-state index contributed by atoms with van der Waals surface area (Å²) in [7, 11) is 1.57. The highest BCUT2D eigenvalue weighted by Gasteiger charge is 2.11. The lowest BCUT2D eigenvalue weighted by molar-refractivity contribution is 0.392. The molecule has 0 saturated carbocycles. The highest BCUT2D eigenvalue weighted by molar-refractivity contribution is 5.82. The SMILES string of the molecule is COc1ccc(-c2ccc3c(c2)ncn3-c2ccnc(N[C@@H](C)c3ccccc3)n2)nn1. The molecule has 0 saturated heterocycles. The minimum Gasteiger partial charge on any atom is -0.480 e. The number of nitrogens with one attached hydrogen (secondary N) is 1. The third-order valence-electron chi connectivity index (χ3n) is 5.23. The fourth-order valence-corrected chi connectivity index (χ4v) is 3.51. The second-order valence-electron chi connectivity index (χ2n) is 7.29. The van der Waals surface area contributed by atoms with E-state index in [1.807, 2.05) is 53.1 Å². The van der Waals surface area contributed by atoms with E-state index in [1.165, 1.54) is 5.56 Å². The summed E-state index contributed by atoms with van der Waals surface area (Å²) in [6.07, 6.45) is 3.51. The lowest BCUT2D eigenvalue weighted by atomic mass is 10.1. The summed E-state index contributed by atoms with van der Waals surface area (Å²) in [6.45, 7) is 2.08. The van der Waals surface area contributed by atoms with Crippen LogP contribution in [0.15, 0.2) is 79.3 Å². The van der Waals surface area contributed by atoms with Crippen LogP contribution in [-0.4, -0.2) is 36.8 Å². The monoisotopic (exact) mass is 423 g/mol. The quantitative estimate of drug-likeness (QED) is 0.431.